The topological polar surface area (TPSA) is 85.9 Å². The Hall–Kier alpha value is -2.24. The van der Waals surface area contributed by atoms with Crippen LogP contribution >= 0.6 is 0 Å². The molecular weight excluding hydrogens is 294 g/mol. The molecule has 0 aliphatic heterocycles. The Morgan fingerprint density at radius 3 is 2.70 bits per heavy atom. The number of esters is 1. The number of carbonyl (C=O) groups excluding carboxylic acids is 1. The molecule has 1 aromatic carbocycles. The minimum Gasteiger partial charge on any atom is -0.495 e. The lowest BCUT2D eigenvalue weighted by Gasteiger charge is -2.10. The van der Waals surface area contributed by atoms with E-state index < -0.39 is 0 Å². The number of nitrogens with two attached hydrogens (primary N) is 1. The third kappa shape index (κ3) is 8.09. The third-order valence-electron chi connectivity index (χ3n) is 3.25. The summed E-state index contributed by atoms with van der Waals surface area (Å²) in [7, 11) is 1.62. The van der Waals surface area contributed by atoms with Crippen LogP contribution in [0.3, 0.4) is 0 Å². The molecule has 1 rings (SSSR count). The van der Waals surface area contributed by atoms with Gasteiger partial charge >= 0.3 is 5.97 Å². The summed E-state index contributed by atoms with van der Waals surface area (Å²) in [6, 6.07) is 7.55. The van der Waals surface area contributed by atoms with Crippen molar-refractivity contribution >= 4 is 17.6 Å². The number of rotatable bonds is 10. The Balaban J connectivity index is 2.18. The number of hydrogen-bond donors (Lipinski definition) is 2. The maximum Gasteiger partial charge on any atom is 0.305 e. The number of unbranched alkanes of at least 4 members (excludes halogenated alkanes) is 3. The van der Waals surface area contributed by atoms with Crippen LogP contribution in [-0.4, -0.2) is 32.2 Å². The molecule has 0 spiro atoms. The molecule has 23 heavy (non-hydrogen) atoms. The molecule has 0 fully saturated rings. The van der Waals surface area contributed by atoms with Crippen molar-refractivity contribution in [3.63, 3.8) is 0 Å². The molecule has 3 N–H and O–H groups in total. The lowest BCUT2D eigenvalue weighted by atomic mass is 10.1. The average Bonchev–Trinajstić information content (AvgIpc) is 2.54. The molecule has 6 heteroatoms. The van der Waals surface area contributed by atoms with E-state index in [2.05, 4.69) is 10.3 Å². The van der Waals surface area contributed by atoms with Crippen molar-refractivity contribution in [2.24, 2.45) is 10.7 Å². The number of methoxy groups -OCH3 is 1. The zero-order chi connectivity index (χ0) is 16.9. The number of para-hydroxylation sites is 2. The highest BCUT2D eigenvalue weighted by Gasteiger charge is 2.02. The van der Waals surface area contributed by atoms with E-state index in [0.29, 0.717) is 25.5 Å². The van der Waals surface area contributed by atoms with E-state index in [1.54, 1.807) is 7.11 Å². The van der Waals surface area contributed by atoms with Gasteiger partial charge in [0.2, 0.25) is 0 Å². The van der Waals surface area contributed by atoms with Gasteiger partial charge in [0, 0.05) is 13.0 Å². The van der Waals surface area contributed by atoms with Crippen LogP contribution in [0.25, 0.3) is 0 Å². The number of guanidine groups is 1. The predicted octanol–water partition coefficient (Wildman–Crippen LogP) is 2.94. The van der Waals surface area contributed by atoms with Crippen LogP contribution < -0.4 is 15.8 Å². The normalized spacial score (nSPS) is 11.1. The Bertz CT molecular complexity index is 504. The molecule has 0 amide bonds. The van der Waals surface area contributed by atoms with E-state index in [4.69, 9.17) is 15.2 Å². The molecule has 0 unspecified atom stereocenters. The van der Waals surface area contributed by atoms with Crippen molar-refractivity contribution in [3.8, 4) is 5.75 Å². The molecule has 0 aliphatic rings. The van der Waals surface area contributed by atoms with Gasteiger partial charge in [-0.1, -0.05) is 25.0 Å². The van der Waals surface area contributed by atoms with Crippen LogP contribution in [0.1, 0.15) is 39.0 Å². The first-order valence-electron chi connectivity index (χ1n) is 8.03. The molecule has 6 nitrogen and oxygen atoms in total. The van der Waals surface area contributed by atoms with Gasteiger partial charge in [-0.15, -0.1) is 0 Å². The second kappa shape index (κ2) is 11.3. The smallest absolute Gasteiger partial charge is 0.305 e. The van der Waals surface area contributed by atoms with Gasteiger partial charge in [-0.05, 0) is 31.9 Å². The number of carbonyl (C=O) groups is 1. The van der Waals surface area contributed by atoms with Crippen LogP contribution in [0.2, 0.25) is 0 Å². The van der Waals surface area contributed by atoms with E-state index in [1.807, 2.05) is 31.2 Å². The average molecular weight is 321 g/mol. The van der Waals surface area contributed by atoms with E-state index in [9.17, 15) is 4.79 Å². The van der Waals surface area contributed by atoms with Gasteiger partial charge in [0.1, 0.15) is 5.75 Å². The second-order valence-corrected chi connectivity index (χ2v) is 5.06. The molecule has 0 atom stereocenters. The molecule has 0 saturated carbocycles. The van der Waals surface area contributed by atoms with Gasteiger partial charge in [-0.25, -0.2) is 0 Å². The number of nitrogens with zero attached hydrogens (tertiary/aromatic N) is 1. The summed E-state index contributed by atoms with van der Waals surface area (Å²) in [4.78, 5) is 15.5. The fourth-order valence-corrected chi connectivity index (χ4v) is 2.09. The van der Waals surface area contributed by atoms with E-state index in [1.165, 1.54) is 0 Å². The fraction of sp³-hybridized carbons (Fsp3) is 0.529. The maximum absolute atomic E-state index is 11.2. The van der Waals surface area contributed by atoms with Crippen LogP contribution in [-0.2, 0) is 9.53 Å². The zero-order valence-electron chi connectivity index (χ0n) is 14.0. The number of anilines is 1. The highest BCUT2D eigenvalue weighted by Crippen LogP contribution is 2.22. The van der Waals surface area contributed by atoms with Crippen molar-refractivity contribution in [1.29, 1.82) is 0 Å². The van der Waals surface area contributed by atoms with E-state index in [-0.39, 0.29) is 5.97 Å². The SMILES string of the molecule is CCOC(=O)CCCCCCN=C(N)Nc1ccccc1OC. The van der Waals surface area contributed by atoms with Crippen molar-refractivity contribution < 1.29 is 14.3 Å². The van der Waals surface area contributed by atoms with Gasteiger partial charge in [-0.2, -0.15) is 0 Å². The van der Waals surface area contributed by atoms with Crippen LogP contribution in [0.15, 0.2) is 29.3 Å². The van der Waals surface area contributed by atoms with Crippen LogP contribution in [0.5, 0.6) is 5.75 Å². The summed E-state index contributed by atoms with van der Waals surface area (Å²) < 4.78 is 10.1. The number of aliphatic imine (C=N–C) groups is 1. The lowest BCUT2D eigenvalue weighted by molar-refractivity contribution is -0.143. The summed E-state index contributed by atoms with van der Waals surface area (Å²) in [5, 5.41) is 3.03. The fourth-order valence-electron chi connectivity index (χ4n) is 2.09. The Morgan fingerprint density at radius 2 is 1.96 bits per heavy atom. The molecule has 0 aromatic heterocycles. The van der Waals surface area contributed by atoms with Crippen LogP contribution in [0.4, 0.5) is 5.69 Å². The Morgan fingerprint density at radius 1 is 1.22 bits per heavy atom. The molecule has 0 heterocycles. The van der Waals surface area contributed by atoms with Crippen LogP contribution in [0, 0.1) is 0 Å². The molecular formula is C17H27N3O3. The molecule has 0 aliphatic carbocycles. The summed E-state index contributed by atoms with van der Waals surface area (Å²) in [6.45, 7) is 2.93. The Labute approximate surface area is 138 Å². The van der Waals surface area contributed by atoms with Crippen molar-refractivity contribution in [1.82, 2.24) is 0 Å². The summed E-state index contributed by atoms with van der Waals surface area (Å²) in [5.41, 5.74) is 6.66. The second-order valence-electron chi connectivity index (χ2n) is 5.06. The molecule has 0 bridgehead atoms. The van der Waals surface area contributed by atoms with Gasteiger partial charge in [0.15, 0.2) is 5.96 Å². The largest absolute Gasteiger partial charge is 0.495 e. The predicted molar refractivity (Wildman–Crippen MR) is 92.8 cm³/mol. The van der Waals surface area contributed by atoms with Gasteiger partial charge < -0.3 is 20.5 Å². The monoisotopic (exact) mass is 321 g/mol. The van der Waals surface area contributed by atoms with Gasteiger partial charge in [-0.3, -0.25) is 9.79 Å². The minimum absolute atomic E-state index is 0.115. The molecule has 0 radical (unpaired) electrons. The first-order chi connectivity index (χ1) is 11.2. The third-order valence-corrected chi connectivity index (χ3v) is 3.25. The lowest BCUT2D eigenvalue weighted by Crippen LogP contribution is -2.23. The molecule has 1 aromatic rings. The Kier molecular flexibility index (Phi) is 9.28. The standard InChI is InChI=1S/C17H27N3O3/c1-3-23-16(21)12-6-4-5-9-13-19-17(18)20-14-10-7-8-11-15(14)22-2/h7-8,10-11H,3-6,9,12-13H2,1-2H3,(H3,18,19,20). The number of benzene rings is 1. The summed E-state index contributed by atoms with van der Waals surface area (Å²) in [5.74, 6) is 0.987. The minimum atomic E-state index is -0.115. The highest BCUT2D eigenvalue weighted by atomic mass is 16.5. The quantitative estimate of drug-likeness (QED) is 0.299. The first kappa shape index (κ1) is 18.8. The van der Waals surface area contributed by atoms with Gasteiger partial charge in [0.25, 0.3) is 0 Å². The van der Waals surface area contributed by atoms with E-state index >= 15 is 0 Å². The summed E-state index contributed by atoms with van der Waals surface area (Å²) >= 11 is 0. The van der Waals surface area contributed by atoms with Crippen molar-refractivity contribution in [2.45, 2.75) is 39.0 Å². The zero-order valence-corrected chi connectivity index (χ0v) is 14.0. The van der Waals surface area contributed by atoms with Crippen molar-refractivity contribution in [2.75, 3.05) is 25.6 Å². The summed E-state index contributed by atoms with van der Waals surface area (Å²) in [6.07, 6.45) is 4.31. The maximum atomic E-state index is 11.2. The highest BCUT2D eigenvalue weighted by molar-refractivity contribution is 5.93. The van der Waals surface area contributed by atoms with Crippen molar-refractivity contribution in [3.05, 3.63) is 24.3 Å². The number of ether oxygens (including phenoxy) is 2. The van der Waals surface area contributed by atoms with Gasteiger partial charge in [0.05, 0.1) is 19.4 Å². The molecule has 0 saturated heterocycles. The first-order valence-corrected chi connectivity index (χ1v) is 8.03. The van der Waals surface area contributed by atoms with E-state index in [0.717, 1.165) is 37.1 Å². The molecule has 128 valence electrons. The number of nitrogens with one attached hydrogen (secondary N) is 1. The number of hydrogen-bond acceptors (Lipinski definition) is 4.